The zero-order valence-electron chi connectivity index (χ0n) is 27.0. The second-order valence-corrected chi connectivity index (χ2v) is 13.6. The van der Waals surface area contributed by atoms with E-state index in [9.17, 15) is 9.90 Å². The number of unbranched alkanes of at least 4 members (excludes halogenated alkanes) is 2. The number of carbonyl (C=O) groups is 1. The number of hydrogen-bond donors (Lipinski definition) is 1. The maximum atomic E-state index is 15.5. The maximum absolute atomic E-state index is 15.5. The lowest BCUT2D eigenvalue weighted by Gasteiger charge is -2.38. The van der Waals surface area contributed by atoms with Gasteiger partial charge in [0.2, 0.25) is 0 Å². The predicted octanol–water partition coefficient (Wildman–Crippen LogP) is 9.99. The lowest BCUT2D eigenvalue weighted by atomic mass is 9.67. The fourth-order valence-electron chi connectivity index (χ4n) is 7.76. The van der Waals surface area contributed by atoms with Gasteiger partial charge in [-0.05, 0) is 129 Å². The quantitative estimate of drug-likeness (QED) is 0.135. The molecule has 0 aliphatic heterocycles. The summed E-state index contributed by atoms with van der Waals surface area (Å²) in [6, 6.07) is 12.7. The van der Waals surface area contributed by atoms with E-state index in [0.717, 1.165) is 60.6 Å². The molecule has 3 nitrogen and oxygen atoms in total. The van der Waals surface area contributed by atoms with Crippen molar-refractivity contribution in [3.8, 4) is 11.1 Å². The molecule has 4 rings (SSSR count). The summed E-state index contributed by atoms with van der Waals surface area (Å²) in [6.07, 6.45) is 16.2. The van der Waals surface area contributed by atoms with Crippen molar-refractivity contribution in [2.45, 2.75) is 117 Å². The average molecular weight is 591 g/mol. The Morgan fingerprint density at radius 3 is 2.19 bits per heavy atom. The van der Waals surface area contributed by atoms with Gasteiger partial charge in [-0.15, -0.1) is 0 Å². The molecule has 0 heterocycles. The highest BCUT2D eigenvalue weighted by atomic mass is 19.1. The first-order chi connectivity index (χ1) is 20.8. The van der Waals surface area contributed by atoms with Crippen LogP contribution in [-0.2, 0) is 22.4 Å². The highest BCUT2D eigenvalue weighted by Crippen LogP contribution is 2.45. The van der Waals surface area contributed by atoms with Crippen LogP contribution in [-0.4, -0.2) is 24.3 Å². The second-order valence-electron chi connectivity index (χ2n) is 13.6. The van der Waals surface area contributed by atoms with Crippen LogP contribution in [0, 0.1) is 29.5 Å². The molecule has 2 aliphatic rings. The Bertz CT molecular complexity index is 1190. The van der Waals surface area contributed by atoms with Crippen LogP contribution >= 0.6 is 0 Å². The third kappa shape index (κ3) is 9.27. The largest absolute Gasteiger partial charge is 0.462 e. The Hall–Kier alpha value is -2.46. The minimum atomic E-state index is -0.373. The number of rotatable bonds is 14. The molecule has 0 radical (unpaired) electrons. The van der Waals surface area contributed by atoms with E-state index in [-0.39, 0.29) is 30.9 Å². The fourth-order valence-corrected chi connectivity index (χ4v) is 7.76. The van der Waals surface area contributed by atoms with Crippen LogP contribution in [0.1, 0.15) is 120 Å². The van der Waals surface area contributed by atoms with Crippen molar-refractivity contribution in [1.29, 1.82) is 0 Å². The molecule has 0 spiro atoms. The van der Waals surface area contributed by atoms with Gasteiger partial charge >= 0.3 is 5.97 Å². The van der Waals surface area contributed by atoms with Gasteiger partial charge in [-0.3, -0.25) is 0 Å². The molecule has 1 N–H and O–H groups in total. The second kappa shape index (κ2) is 16.6. The van der Waals surface area contributed by atoms with Crippen LogP contribution in [0.25, 0.3) is 11.1 Å². The molecular weight excluding hydrogens is 535 g/mol. The van der Waals surface area contributed by atoms with Crippen molar-refractivity contribution >= 4 is 5.97 Å². The van der Waals surface area contributed by atoms with E-state index in [1.165, 1.54) is 68.9 Å². The Balaban J connectivity index is 1.26. The third-order valence-electron chi connectivity index (χ3n) is 10.5. The number of benzene rings is 2. The van der Waals surface area contributed by atoms with Gasteiger partial charge in [0.25, 0.3) is 0 Å². The third-order valence-corrected chi connectivity index (χ3v) is 10.5. The first kappa shape index (κ1) is 33.4. The molecule has 0 aromatic heterocycles. The Labute approximate surface area is 260 Å². The van der Waals surface area contributed by atoms with E-state index in [1.54, 1.807) is 13.0 Å². The molecule has 4 heteroatoms. The SMILES string of the molecule is C=C(C)C(=O)OCC(CO)CC1CCC(C2CCC(c3ccc(-c4ccc(CCCCC)c(CC)c4)cc3F)CC2)CC1. The molecule has 1 unspecified atom stereocenters. The van der Waals surface area contributed by atoms with E-state index >= 15 is 4.39 Å². The molecule has 2 saturated carbocycles. The smallest absolute Gasteiger partial charge is 0.333 e. The van der Waals surface area contributed by atoms with Crippen LogP contribution < -0.4 is 0 Å². The van der Waals surface area contributed by atoms with Gasteiger partial charge in [0.15, 0.2) is 0 Å². The topological polar surface area (TPSA) is 46.5 Å². The van der Waals surface area contributed by atoms with Crippen molar-refractivity contribution < 1.29 is 19.0 Å². The van der Waals surface area contributed by atoms with Gasteiger partial charge in [-0.1, -0.05) is 76.4 Å². The molecule has 0 amide bonds. The van der Waals surface area contributed by atoms with Crippen LogP contribution in [0.3, 0.4) is 0 Å². The molecular formula is C39H55FO3. The zero-order chi connectivity index (χ0) is 30.8. The Morgan fingerprint density at radius 2 is 1.58 bits per heavy atom. The van der Waals surface area contributed by atoms with Gasteiger partial charge in [-0.25, -0.2) is 9.18 Å². The number of esters is 1. The van der Waals surface area contributed by atoms with E-state index < -0.39 is 0 Å². The monoisotopic (exact) mass is 590 g/mol. The van der Waals surface area contributed by atoms with Crippen LogP contribution in [0.5, 0.6) is 0 Å². The lowest BCUT2D eigenvalue weighted by molar-refractivity contribution is -0.140. The lowest BCUT2D eigenvalue weighted by Crippen LogP contribution is -2.27. The number of carbonyl (C=O) groups excluding carboxylic acids is 1. The normalized spacial score (nSPS) is 23.1. The summed E-state index contributed by atoms with van der Waals surface area (Å²) in [7, 11) is 0. The van der Waals surface area contributed by atoms with E-state index in [4.69, 9.17) is 4.74 Å². The minimum absolute atomic E-state index is 0.00480. The molecule has 0 bridgehead atoms. The molecule has 2 aliphatic carbocycles. The first-order valence-corrected chi connectivity index (χ1v) is 17.2. The minimum Gasteiger partial charge on any atom is -0.462 e. The van der Waals surface area contributed by atoms with Crippen molar-refractivity contribution in [2.24, 2.45) is 23.7 Å². The van der Waals surface area contributed by atoms with Crippen LogP contribution in [0.2, 0.25) is 0 Å². The van der Waals surface area contributed by atoms with Gasteiger partial charge in [0.1, 0.15) is 5.82 Å². The van der Waals surface area contributed by atoms with E-state index in [0.29, 0.717) is 17.4 Å². The number of aliphatic hydroxyl groups is 1. The van der Waals surface area contributed by atoms with Crippen molar-refractivity contribution in [1.82, 2.24) is 0 Å². The summed E-state index contributed by atoms with van der Waals surface area (Å²) in [4.78, 5) is 11.7. The summed E-state index contributed by atoms with van der Waals surface area (Å²) >= 11 is 0. The number of halogens is 1. The first-order valence-electron chi connectivity index (χ1n) is 17.2. The van der Waals surface area contributed by atoms with Gasteiger partial charge in [0, 0.05) is 18.1 Å². The summed E-state index contributed by atoms with van der Waals surface area (Å²) in [5.74, 6) is 2.00. The summed E-state index contributed by atoms with van der Waals surface area (Å²) in [6.45, 7) is 10.1. The molecule has 2 aromatic carbocycles. The van der Waals surface area contributed by atoms with Crippen LogP contribution in [0.4, 0.5) is 4.39 Å². The molecule has 43 heavy (non-hydrogen) atoms. The van der Waals surface area contributed by atoms with E-state index in [1.807, 2.05) is 0 Å². The fraction of sp³-hybridized carbons (Fsp3) is 0.615. The summed E-state index contributed by atoms with van der Waals surface area (Å²) < 4.78 is 20.8. The number of aryl methyl sites for hydroxylation is 2. The highest BCUT2D eigenvalue weighted by Gasteiger charge is 2.32. The van der Waals surface area contributed by atoms with Gasteiger partial charge < -0.3 is 9.84 Å². The molecule has 236 valence electrons. The summed E-state index contributed by atoms with van der Waals surface area (Å²) in [5, 5.41) is 9.80. The average Bonchev–Trinajstić information content (AvgIpc) is 3.03. The Kier molecular flexibility index (Phi) is 12.9. The Morgan fingerprint density at radius 1 is 0.930 bits per heavy atom. The standard InChI is InChI=1S/C39H55FO3/c1-5-7-8-9-31-16-19-35(23-30(31)6-2)36-20-21-37(38(40)24-36)34-17-14-33(15-18-34)32-12-10-28(11-13-32)22-29(25-41)26-43-39(42)27(3)4/h16,19-21,23-24,28-29,32-34,41H,3,5-15,17-18,22,25-26H2,1-2,4H3. The molecule has 2 fully saturated rings. The van der Waals surface area contributed by atoms with Gasteiger partial charge in [0.05, 0.1) is 6.61 Å². The molecule has 2 aromatic rings. The number of aliphatic hydroxyl groups excluding tert-OH is 1. The van der Waals surface area contributed by atoms with E-state index in [2.05, 4.69) is 50.8 Å². The molecule has 0 saturated heterocycles. The number of ether oxygens (including phenoxy) is 1. The number of hydrogen-bond acceptors (Lipinski definition) is 3. The van der Waals surface area contributed by atoms with Gasteiger partial charge in [-0.2, -0.15) is 0 Å². The maximum Gasteiger partial charge on any atom is 0.333 e. The highest BCUT2D eigenvalue weighted by molar-refractivity contribution is 5.86. The molecule has 1 atom stereocenters. The van der Waals surface area contributed by atoms with Crippen molar-refractivity contribution in [2.75, 3.05) is 13.2 Å². The predicted molar refractivity (Wildman–Crippen MR) is 176 cm³/mol. The van der Waals surface area contributed by atoms with Crippen LogP contribution in [0.15, 0.2) is 48.6 Å². The van der Waals surface area contributed by atoms with Crippen molar-refractivity contribution in [3.05, 3.63) is 71.1 Å². The van der Waals surface area contributed by atoms with Crippen molar-refractivity contribution in [3.63, 3.8) is 0 Å². The summed E-state index contributed by atoms with van der Waals surface area (Å²) in [5.41, 5.74) is 6.25. The zero-order valence-corrected chi connectivity index (χ0v) is 27.0.